The van der Waals surface area contributed by atoms with Crippen molar-refractivity contribution in [2.45, 2.75) is 6.92 Å². The number of hydrogen-bond acceptors (Lipinski definition) is 2. The summed E-state index contributed by atoms with van der Waals surface area (Å²) in [5, 5.41) is 0.940. The van der Waals surface area contributed by atoms with E-state index in [1.807, 2.05) is 31.2 Å². The highest BCUT2D eigenvalue weighted by Crippen LogP contribution is 2.28. The van der Waals surface area contributed by atoms with Crippen LogP contribution in [0, 0.1) is 6.92 Å². The third-order valence-electron chi connectivity index (χ3n) is 2.11. The molecule has 0 bridgehead atoms. The van der Waals surface area contributed by atoms with Crippen LogP contribution in [0.15, 0.2) is 30.5 Å². The molecule has 2 nitrogen and oxygen atoms in total. The van der Waals surface area contributed by atoms with Gasteiger partial charge in [0.1, 0.15) is 0 Å². The van der Waals surface area contributed by atoms with Crippen LogP contribution in [0.4, 0.5) is 0 Å². The summed E-state index contributed by atoms with van der Waals surface area (Å²) < 4.78 is 0. The van der Waals surface area contributed by atoms with E-state index in [0.717, 1.165) is 16.8 Å². The fourth-order valence-electron chi connectivity index (χ4n) is 1.38. The molecule has 0 saturated carbocycles. The largest absolute Gasteiger partial charge is 0.226 e. The molecule has 0 N–H and O–H groups in total. The van der Waals surface area contributed by atoms with E-state index >= 15 is 0 Å². The SMILES string of the molecule is Cc1nc(Cl)ncc1-c1ccccc1Cl. The second-order valence-corrected chi connectivity index (χ2v) is 3.86. The van der Waals surface area contributed by atoms with Gasteiger partial charge in [0.15, 0.2) is 0 Å². The van der Waals surface area contributed by atoms with E-state index in [1.165, 1.54) is 0 Å². The van der Waals surface area contributed by atoms with E-state index in [-0.39, 0.29) is 5.28 Å². The molecule has 0 atom stereocenters. The van der Waals surface area contributed by atoms with Gasteiger partial charge in [-0.05, 0) is 24.6 Å². The van der Waals surface area contributed by atoms with Crippen molar-refractivity contribution >= 4 is 23.2 Å². The van der Waals surface area contributed by atoms with Crippen molar-refractivity contribution in [3.05, 3.63) is 46.5 Å². The van der Waals surface area contributed by atoms with Crippen LogP contribution in [0.25, 0.3) is 11.1 Å². The average molecular weight is 239 g/mol. The van der Waals surface area contributed by atoms with Crippen LogP contribution >= 0.6 is 23.2 Å². The number of hydrogen-bond donors (Lipinski definition) is 0. The van der Waals surface area contributed by atoms with Crippen molar-refractivity contribution in [3.8, 4) is 11.1 Å². The molecule has 0 aliphatic heterocycles. The van der Waals surface area contributed by atoms with Crippen LogP contribution in [0.5, 0.6) is 0 Å². The Morgan fingerprint density at radius 3 is 2.47 bits per heavy atom. The van der Waals surface area contributed by atoms with Crippen LogP contribution in [0.3, 0.4) is 0 Å². The van der Waals surface area contributed by atoms with Crippen molar-refractivity contribution in [2.24, 2.45) is 0 Å². The molecule has 2 aromatic rings. The lowest BCUT2D eigenvalue weighted by Crippen LogP contribution is -1.91. The zero-order valence-electron chi connectivity index (χ0n) is 8.04. The molecule has 1 aromatic heterocycles. The molecule has 4 heteroatoms. The Bertz CT molecular complexity index is 498. The Balaban J connectivity index is 2.60. The summed E-state index contributed by atoms with van der Waals surface area (Å²) in [6.45, 7) is 1.88. The molecule has 76 valence electrons. The summed E-state index contributed by atoms with van der Waals surface area (Å²) in [6.07, 6.45) is 1.69. The lowest BCUT2D eigenvalue weighted by Gasteiger charge is -2.06. The Morgan fingerprint density at radius 1 is 1.07 bits per heavy atom. The first-order valence-electron chi connectivity index (χ1n) is 4.42. The van der Waals surface area contributed by atoms with Gasteiger partial charge in [0, 0.05) is 22.3 Å². The number of nitrogens with zero attached hydrogens (tertiary/aromatic N) is 2. The molecule has 0 aliphatic rings. The molecule has 0 saturated heterocycles. The highest BCUT2D eigenvalue weighted by atomic mass is 35.5. The smallest absolute Gasteiger partial charge is 0.222 e. The standard InChI is InChI=1S/C11H8Cl2N2/c1-7-9(6-14-11(13)15-7)8-4-2-3-5-10(8)12/h2-6H,1H3. The van der Waals surface area contributed by atoms with Crippen LogP contribution < -0.4 is 0 Å². The van der Waals surface area contributed by atoms with Crippen molar-refractivity contribution < 1.29 is 0 Å². The monoisotopic (exact) mass is 238 g/mol. The Labute approximate surface area is 97.9 Å². The first-order chi connectivity index (χ1) is 7.18. The van der Waals surface area contributed by atoms with Crippen molar-refractivity contribution in [1.82, 2.24) is 9.97 Å². The quantitative estimate of drug-likeness (QED) is 0.708. The van der Waals surface area contributed by atoms with Crippen LogP contribution in [-0.4, -0.2) is 9.97 Å². The maximum Gasteiger partial charge on any atom is 0.222 e. The summed E-state index contributed by atoms with van der Waals surface area (Å²) in [6, 6.07) is 7.58. The van der Waals surface area contributed by atoms with Crippen LogP contribution in [-0.2, 0) is 0 Å². The highest BCUT2D eigenvalue weighted by molar-refractivity contribution is 6.33. The lowest BCUT2D eigenvalue weighted by atomic mass is 10.1. The van der Waals surface area contributed by atoms with Gasteiger partial charge in [-0.25, -0.2) is 9.97 Å². The Kier molecular flexibility index (Phi) is 2.89. The first-order valence-corrected chi connectivity index (χ1v) is 5.18. The van der Waals surface area contributed by atoms with Gasteiger partial charge in [0.2, 0.25) is 5.28 Å². The summed E-state index contributed by atoms with van der Waals surface area (Å²) in [4.78, 5) is 8.04. The second kappa shape index (κ2) is 4.17. The number of benzene rings is 1. The van der Waals surface area contributed by atoms with Crippen LogP contribution in [0.2, 0.25) is 10.3 Å². The molecule has 1 aromatic carbocycles. The van der Waals surface area contributed by atoms with E-state index in [1.54, 1.807) is 6.20 Å². The zero-order chi connectivity index (χ0) is 10.8. The van der Waals surface area contributed by atoms with E-state index in [0.29, 0.717) is 5.02 Å². The molecule has 0 amide bonds. The summed E-state index contributed by atoms with van der Waals surface area (Å²) >= 11 is 11.8. The maximum absolute atomic E-state index is 6.08. The number of halogens is 2. The number of aromatic nitrogens is 2. The number of rotatable bonds is 1. The molecule has 0 fully saturated rings. The van der Waals surface area contributed by atoms with Gasteiger partial charge < -0.3 is 0 Å². The minimum absolute atomic E-state index is 0.253. The predicted octanol–water partition coefficient (Wildman–Crippen LogP) is 3.76. The highest BCUT2D eigenvalue weighted by Gasteiger charge is 2.07. The zero-order valence-corrected chi connectivity index (χ0v) is 9.55. The Morgan fingerprint density at radius 2 is 1.80 bits per heavy atom. The molecular weight excluding hydrogens is 231 g/mol. The summed E-state index contributed by atoms with van der Waals surface area (Å²) in [5.41, 5.74) is 2.65. The van der Waals surface area contributed by atoms with E-state index < -0.39 is 0 Å². The minimum atomic E-state index is 0.253. The molecule has 0 aliphatic carbocycles. The third kappa shape index (κ3) is 2.11. The molecule has 0 spiro atoms. The normalized spacial score (nSPS) is 10.3. The van der Waals surface area contributed by atoms with Gasteiger partial charge in [0.25, 0.3) is 0 Å². The van der Waals surface area contributed by atoms with E-state index in [2.05, 4.69) is 9.97 Å². The molecule has 2 rings (SSSR count). The minimum Gasteiger partial charge on any atom is -0.226 e. The Hall–Kier alpha value is -1.12. The summed E-state index contributed by atoms with van der Waals surface area (Å²) in [7, 11) is 0. The molecule has 15 heavy (non-hydrogen) atoms. The first kappa shape index (κ1) is 10.4. The molecular formula is C11H8Cl2N2. The predicted molar refractivity (Wildman–Crippen MR) is 62.2 cm³/mol. The third-order valence-corrected chi connectivity index (χ3v) is 2.63. The van der Waals surface area contributed by atoms with Gasteiger partial charge in [-0.3, -0.25) is 0 Å². The molecule has 0 unspecified atom stereocenters. The van der Waals surface area contributed by atoms with Gasteiger partial charge in [-0.15, -0.1) is 0 Å². The van der Waals surface area contributed by atoms with E-state index in [9.17, 15) is 0 Å². The van der Waals surface area contributed by atoms with Crippen molar-refractivity contribution in [3.63, 3.8) is 0 Å². The van der Waals surface area contributed by atoms with Gasteiger partial charge in [0.05, 0.1) is 5.69 Å². The fourth-order valence-corrected chi connectivity index (χ4v) is 1.80. The van der Waals surface area contributed by atoms with E-state index in [4.69, 9.17) is 23.2 Å². The average Bonchev–Trinajstić information content (AvgIpc) is 2.20. The van der Waals surface area contributed by atoms with Crippen molar-refractivity contribution in [1.29, 1.82) is 0 Å². The van der Waals surface area contributed by atoms with Crippen molar-refractivity contribution in [2.75, 3.05) is 0 Å². The summed E-state index contributed by atoms with van der Waals surface area (Å²) in [5.74, 6) is 0. The van der Waals surface area contributed by atoms with Gasteiger partial charge >= 0.3 is 0 Å². The maximum atomic E-state index is 6.08. The molecule has 1 heterocycles. The lowest BCUT2D eigenvalue weighted by molar-refractivity contribution is 1.11. The topological polar surface area (TPSA) is 25.8 Å². The fraction of sp³-hybridized carbons (Fsp3) is 0.0909. The molecule has 0 radical (unpaired) electrons. The van der Waals surface area contributed by atoms with Gasteiger partial charge in [-0.2, -0.15) is 0 Å². The number of aryl methyl sites for hydroxylation is 1. The van der Waals surface area contributed by atoms with Gasteiger partial charge in [-0.1, -0.05) is 29.8 Å². The second-order valence-electron chi connectivity index (χ2n) is 3.12. The van der Waals surface area contributed by atoms with Crippen LogP contribution in [0.1, 0.15) is 5.69 Å².